The van der Waals surface area contributed by atoms with E-state index in [4.69, 9.17) is 0 Å². The van der Waals surface area contributed by atoms with Crippen LogP contribution in [0.15, 0.2) is 30.5 Å². The van der Waals surface area contributed by atoms with E-state index in [0.29, 0.717) is 5.92 Å². The number of fused-ring (bicyclic) bond motifs is 1. The molecular weight excluding hydrogens is 210 g/mol. The van der Waals surface area contributed by atoms with Crippen molar-refractivity contribution in [1.29, 1.82) is 0 Å². The van der Waals surface area contributed by atoms with Crippen molar-refractivity contribution in [1.82, 2.24) is 4.57 Å². The molecule has 2 heteroatoms. The lowest BCUT2D eigenvalue weighted by Crippen LogP contribution is -2.08. The zero-order chi connectivity index (χ0) is 12.3. The summed E-state index contributed by atoms with van der Waals surface area (Å²) in [5, 5.41) is 1.21. The lowest BCUT2D eigenvalue weighted by Gasteiger charge is -2.14. The van der Waals surface area contributed by atoms with Gasteiger partial charge in [0.15, 0.2) is 0 Å². The number of rotatable bonds is 5. The summed E-state index contributed by atoms with van der Waals surface area (Å²) in [6, 6.07) is 7.98. The summed E-state index contributed by atoms with van der Waals surface area (Å²) in [6.45, 7) is 5.51. The lowest BCUT2D eigenvalue weighted by molar-refractivity contribution is 0.112. The Bertz CT molecular complexity index is 509. The Hall–Kier alpha value is -1.57. The van der Waals surface area contributed by atoms with Crippen LogP contribution >= 0.6 is 0 Å². The zero-order valence-electron chi connectivity index (χ0n) is 10.5. The summed E-state index contributed by atoms with van der Waals surface area (Å²) in [6.07, 6.45) is 5.43. The van der Waals surface area contributed by atoms with Crippen LogP contribution in [-0.4, -0.2) is 10.9 Å². The highest BCUT2D eigenvalue weighted by Gasteiger charge is 2.07. The van der Waals surface area contributed by atoms with Crippen LogP contribution in [0.25, 0.3) is 10.9 Å². The van der Waals surface area contributed by atoms with Gasteiger partial charge in [-0.15, -0.1) is 0 Å². The Morgan fingerprint density at radius 1 is 1.24 bits per heavy atom. The third-order valence-electron chi connectivity index (χ3n) is 3.54. The molecule has 0 aliphatic heterocycles. The summed E-state index contributed by atoms with van der Waals surface area (Å²) >= 11 is 0. The first-order valence-corrected chi connectivity index (χ1v) is 6.32. The van der Waals surface area contributed by atoms with Crippen molar-refractivity contribution >= 4 is 17.2 Å². The van der Waals surface area contributed by atoms with Gasteiger partial charge in [0.05, 0.1) is 0 Å². The number of benzene rings is 1. The van der Waals surface area contributed by atoms with Crippen LogP contribution in [0, 0.1) is 5.92 Å². The molecule has 2 aromatic rings. The van der Waals surface area contributed by atoms with Crippen molar-refractivity contribution in [2.24, 2.45) is 5.92 Å². The van der Waals surface area contributed by atoms with E-state index in [1.54, 1.807) is 0 Å². The van der Waals surface area contributed by atoms with Crippen LogP contribution in [0.4, 0.5) is 0 Å². The fraction of sp³-hybridized carbons (Fsp3) is 0.400. The van der Waals surface area contributed by atoms with Gasteiger partial charge in [-0.1, -0.05) is 38.8 Å². The fourth-order valence-electron chi connectivity index (χ4n) is 2.26. The number of carbonyl (C=O) groups excluding carboxylic acids is 1. The van der Waals surface area contributed by atoms with Gasteiger partial charge >= 0.3 is 0 Å². The predicted molar refractivity (Wildman–Crippen MR) is 71.4 cm³/mol. The predicted octanol–water partition coefficient (Wildman–Crippen LogP) is 3.89. The molecule has 0 aliphatic carbocycles. The van der Waals surface area contributed by atoms with Gasteiger partial charge in [-0.2, -0.15) is 0 Å². The standard InChI is InChI=1S/C15H19NO/c1-3-12(4-2)10-16-8-7-14-6-5-13(11-17)9-15(14)16/h5-9,11-12H,3-4,10H2,1-2H3. The first-order valence-electron chi connectivity index (χ1n) is 6.32. The Balaban J connectivity index is 2.36. The molecule has 0 fully saturated rings. The van der Waals surface area contributed by atoms with Crippen LogP contribution in [0.2, 0.25) is 0 Å². The molecule has 0 unspecified atom stereocenters. The highest BCUT2D eigenvalue weighted by atomic mass is 16.1. The van der Waals surface area contributed by atoms with E-state index in [1.165, 1.54) is 23.7 Å². The van der Waals surface area contributed by atoms with E-state index in [2.05, 4.69) is 30.7 Å². The highest BCUT2D eigenvalue weighted by Crippen LogP contribution is 2.20. The number of hydrogen-bond donors (Lipinski definition) is 0. The summed E-state index contributed by atoms with van der Waals surface area (Å²) in [5.74, 6) is 0.713. The number of aldehydes is 1. The Morgan fingerprint density at radius 2 is 2.00 bits per heavy atom. The molecule has 0 bridgehead atoms. The SMILES string of the molecule is CCC(CC)Cn1ccc2ccc(C=O)cc21. The lowest BCUT2D eigenvalue weighted by atomic mass is 10.0. The topological polar surface area (TPSA) is 22.0 Å². The maximum absolute atomic E-state index is 10.8. The Labute approximate surface area is 102 Å². The first-order chi connectivity index (χ1) is 8.28. The monoisotopic (exact) mass is 229 g/mol. The van der Waals surface area contributed by atoms with Gasteiger partial charge in [-0.05, 0) is 23.4 Å². The van der Waals surface area contributed by atoms with Crippen molar-refractivity contribution in [3.05, 3.63) is 36.0 Å². The van der Waals surface area contributed by atoms with E-state index in [-0.39, 0.29) is 0 Å². The molecule has 0 atom stereocenters. The number of nitrogens with zero attached hydrogens (tertiary/aromatic N) is 1. The number of hydrogen-bond acceptors (Lipinski definition) is 1. The molecule has 1 aromatic heterocycles. The van der Waals surface area contributed by atoms with Gasteiger partial charge in [0.2, 0.25) is 0 Å². The average Bonchev–Trinajstić information content (AvgIpc) is 2.78. The van der Waals surface area contributed by atoms with Gasteiger partial charge in [0, 0.05) is 23.8 Å². The summed E-state index contributed by atoms with van der Waals surface area (Å²) in [4.78, 5) is 10.8. The van der Waals surface area contributed by atoms with E-state index < -0.39 is 0 Å². The minimum Gasteiger partial charge on any atom is -0.347 e. The van der Waals surface area contributed by atoms with Crippen LogP contribution in [0.3, 0.4) is 0 Å². The summed E-state index contributed by atoms with van der Waals surface area (Å²) < 4.78 is 2.26. The quantitative estimate of drug-likeness (QED) is 0.713. The van der Waals surface area contributed by atoms with E-state index >= 15 is 0 Å². The molecule has 17 heavy (non-hydrogen) atoms. The van der Waals surface area contributed by atoms with Gasteiger partial charge in [0.1, 0.15) is 6.29 Å². The van der Waals surface area contributed by atoms with Gasteiger partial charge in [0.25, 0.3) is 0 Å². The van der Waals surface area contributed by atoms with Crippen LogP contribution in [0.5, 0.6) is 0 Å². The van der Waals surface area contributed by atoms with Gasteiger partial charge in [-0.3, -0.25) is 4.79 Å². The molecule has 0 aliphatic rings. The van der Waals surface area contributed by atoms with Crippen molar-refractivity contribution < 1.29 is 4.79 Å². The fourth-order valence-corrected chi connectivity index (χ4v) is 2.26. The molecule has 90 valence electrons. The minimum absolute atomic E-state index is 0.713. The third kappa shape index (κ3) is 2.41. The second kappa shape index (κ2) is 5.17. The van der Waals surface area contributed by atoms with Crippen LogP contribution < -0.4 is 0 Å². The molecule has 0 amide bonds. The normalized spacial score (nSPS) is 11.2. The van der Waals surface area contributed by atoms with Crippen molar-refractivity contribution in [3.63, 3.8) is 0 Å². The first kappa shape index (κ1) is 11.9. The molecule has 2 rings (SSSR count). The maximum atomic E-state index is 10.8. The van der Waals surface area contributed by atoms with Crippen molar-refractivity contribution in [2.75, 3.05) is 0 Å². The molecule has 1 aromatic carbocycles. The molecule has 0 spiro atoms. The molecule has 0 radical (unpaired) electrons. The summed E-state index contributed by atoms with van der Waals surface area (Å²) in [5.41, 5.74) is 1.92. The van der Waals surface area contributed by atoms with Gasteiger partial charge < -0.3 is 4.57 Å². The second-order valence-corrected chi connectivity index (χ2v) is 4.59. The smallest absolute Gasteiger partial charge is 0.150 e. The molecular formula is C15H19NO. The molecule has 1 heterocycles. The molecule has 0 saturated heterocycles. The Morgan fingerprint density at radius 3 is 2.65 bits per heavy atom. The molecule has 0 saturated carbocycles. The molecule has 0 N–H and O–H groups in total. The van der Waals surface area contributed by atoms with Crippen molar-refractivity contribution in [3.8, 4) is 0 Å². The number of aromatic nitrogens is 1. The third-order valence-corrected chi connectivity index (χ3v) is 3.54. The van der Waals surface area contributed by atoms with Crippen LogP contribution in [-0.2, 0) is 6.54 Å². The van der Waals surface area contributed by atoms with Gasteiger partial charge in [-0.25, -0.2) is 0 Å². The zero-order valence-corrected chi connectivity index (χ0v) is 10.5. The van der Waals surface area contributed by atoms with E-state index in [9.17, 15) is 4.79 Å². The van der Waals surface area contributed by atoms with Crippen LogP contribution in [0.1, 0.15) is 37.0 Å². The minimum atomic E-state index is 0.713. The highest BCUT2D eigenvalue weighted by molar-refractivity contribution is 5.87. The van der Waals surface area contributed by atoms with E-state index in [0.717, 1.165) is 18.4 Å². The van der Waals surface area contributed by atoms with Crippen molar-refractivity contribution in [2.45, 2.75) is 33.2 Å². The van der Waals surface area contributed by atoms with E-state index in [1.807, 2.05) is 18.2 Å². The largest absolute Gasteiger partial charge is 0.347 e. The maximum Gasteiger partial charge on any atom is 0.150 e. The second-order valence-electron chi connectivity index (χ2n) is 4.59. The number of carbonyl (C=O) groups is 1. The Kier molecular flexibility index (Phi) is 3.62. The molecule has 2 nitrogen and oxygen atoms in total. The average molecular weight is 229 g/mol. The summed E-state index contributed by atoms with van der Waals surface area (Å²) in [7, 11) is 0.